The van der Waals surface area contributed by atoms with Gasteiger partial charge in [-0.2, -0.15) is 0 Å². The molecule has 2 radical (unpaired) electrons. The quantitative estimate of drug-likeness (QED) is 0.526. The van der Waals surface area contributed by atoms with Gasteiger partial charge in [0, 0.05) is 11.6 Å². The monoisotopic (exact) mass is 204 g/mol. The van der Waals surface area contributed by atoms with Gasteiger partial charge in [0.15, 0.2) is 0 Å². The van der Waals surface area contributed by atoms with Crippen molar-refractivity contribution in [2.24, 2.45) is 0 Å². The lowest BCUT2D eigenvalue weighted by Crippen LogP contribution is -1.99. The molecule has 0 atom stereocenters. The number of hydrogen-bond acceptors (Lipinski definition) is 0. The Labute approximate surface area is 84.0 Å². The van der Waals surface area contributed by atoms with Crippen molar-refractivity contribution >= 4 is 0 Å². The molecule has 0 saturated heterocycles. The molecule has 3 heteroatoms. The van der Waals surface area contributed by atoms with Gasteiger partial charge in [-0.1, -0.05) is 0 Å². The predicted octanol–water partition coefficient (Wildman–Crippen LogP) is 3.35. The minimum absolute atomic E-state index is 0.0443. The number of halogens is 3. The Hall–Kier alpha value is -1.77. The van der Waals surface area contributed by atoms with Gasteiger partial charge in [0.05, 0.1) is 5.56 Å². The lowest BCUT2D eigenvalue weighted by atomic mass is 9.93. The van der Waals surface area contributed by atoms with E-state index < -0.39 is 17.5 Å². The fourth-order valence-electron chi connectivity index (χ4n) is 1.74. The van der Waals surface area contributed by atoms with Crippen LogP contribution in [0.3, 0.4) is 0 Å². The topological polar surface area (TPSA) is 0 Å². The molecule has 4 bridgehead atoms. The Morgan fingerprint density at radius 1 is 1.00 bits per heavy atom. The van der Waals surface area contributed by atoms with E-state index in [1.54, 1.807) is 0 Å². The summed E-state index contributed by atoms with van der Waals surface area (Å²) in [6.07, 6.45) is 0. The SMILES string of the molecule is Fc1[c]c2c[c]c1-c1cc(F)c-2c(F)c1. The lowest BCUT2D eigenvalue weighted by Gasteiger charge is -2.14. The Kier molecular flexibility index (Phi) is 1.49. The largest absolute Gasteiger partial charge is 0.206 e. The zero-order valence-corrected chi connectivity index (χ0v) is 7.37. The van der Waals surface area contributed by atoms with Crippen molar-refractivity contribution in [3.63, 3.8) is 0 Å². The normalized spacial score (nSPS) is 11.7. The highest BCUT2D eigenvalue weighted by molar-refractivity contribution is 5.76. The first-order chi connectivity index (χ1) is 7.16. The van der Waals surface area contributed by atoms with Gasteiger partial charge in [0.1, 0.15) is 17.5 Å². The van der Waals surface area contributed by atoms with Crippen LogP contribution in [0.15, 0.2) is 18.2 Å². The van der Waals surface area contributed by atoms with E-state index in [-0.39, 0.29) is 22.3 Å². The van der Waals surface area contributed by atoms with E-state index in [1.807, 2.05) is 0 Å². The second-order valence-corrected chi connectivity index (χ2v) is 3.33. The summed E-state index contributed by atoms with van der Waals surface area (Å²) in [5.41, 5.74) is -0.00537. The van der Waals surface area contributed by atoms with Crippen molar-refractivity contribution in [3.05, 3.63) is 47.8 Å². The van der Waals surface area contributed by atoms with Crippen LogP contribution in [-0.2, 0) is 0 Å². The fraction of sp³-hybridized carbons (Fsp3) is 0. The molecule has 0 nitrogen and oxygen atoms in total. The van der Waals surface area contributed by atoms with Crippen molar-refractivity contribution < 1.29 is 13.2 Å². The van der Waals surface area contributed by atoms with Gasteiger partial charge in [0.25, 0.3) is 0 Å². The zero-order chi connectivity index (χ0) is 10.6. The van der Waals surface area contributed by atoms with E-state index in [2.05, 4.69) is 12.1 Å². The zero-order valence-electron chi connectivity index (χ0n) is 7.37. The molecule has 0 aromatic heterocycles. The Morgan fingerprint density at radius 2 is 1.67 bits per heavy atom. The maximum Gasteiger partial charge on any atom is 0.140 e. The molecule has 72 valence electrons. The number of hydrogen-bond donors (Lipinski definition) is 0. The van der Waals surface area contributed by atoms with Crippen LogP contribution in [0.1, 0.15) is 0 Å². The van der Waals surface area contributed by atoms with Gasteiger partial charge < -0.3 is 0 Å². The highest BCUT2D eigenvalue weighted by Gasteiger charge is 2.21. The molecule has 0 aliphatic heterocycles. The van der Waals surface area contributed by atoms with Crippen LogP contribution < -0.4 is 0 Å². The summed E-state index contributed by atoms with van der Waals surface area (Å²) in [5.74, 6) is -2.03. The maximum atomic E-state index is 13.4. The summed E-state index contributed by atoms with van der Waals surface area (Å²) in [7, 11) is 0. The van der Waals surface area contributed by atoms with Gasteiger partial charge in [-0.3, -0.25) is 0 Å². The molecule has 0 saturated carbocycles. The first-order valence-electron chi connectivity index (χ1n) is 4.30. The van der Waals surface area contributed by atoms with E-state index in [1.165, 1.54) is 6.07 Å². The standard InChI is InChI=1S/C12H3F3/c13-9-3-6-1-2-8(9)7-4-10(14)12(6)11(15)5-7/h1,4-5H. The van der Waals surface area contributed by atoms with Crippen LogP contribution >= 0.6 is 0 Å². The van der Waals surface area contributed by atoms with E-state index in [4.69, 9.17) is 0 Å². The smallest absolute Gasteiger partial charge is 0.140 e. The van der Waals surface area contributed by atoms with Crippen LogP contribution in [-0.4, -0.2) is 0 Å². The summed E-state index contributed by atoms with van der Waals surface area (Å²) in [4.78, 5) is 0. The van der Waals surface area contributed by atoms with E-state index in [0.717, 1.165) is 12.1 Å². The molecule has 2 aromatic carbocycles. The third-order valence-corrected chi connectivity index (χ3v) is 2.42. The van der Waals surface area contributed by atoms with Crippen molar-refractivity contribution in [2.45, 2.75) is 0 Å². The van der Waals surface area contributed by atoms with Crippen LogP contribution in [0.25, 0.3) is 22.3 Å². The molecule has 0 amide bonds. The third-order valence-electron chi connectivity index (χ3n) is 2.42. The van der Waals surface area contributed by atoms with E-state index in [9.17, 15) is 13.2 Å². The highest BCUT2D eigenvalue weighted by Crippen LogP contribution is 2.36. The second-order valence-electron chi connectivity index (χ2n) is 3.33. The molecule has 2 aromatic rings. The Balaban J connectivity index is 2.54. The van der Waals surface area contributed by atoms with Crippen molar-refractivity contribution in [2.75, 3.05) is 0 Å². The molecule has 0 N–H and O–H groups in total. The molecule has 0 fully saturated rings. The molecule has 0 heterocycles. The summed E-state index contributed by atoms with van der Waals surface area (Å²) < 4.78 is 40.2. The van der Waals surface area contributed by atoms with Crippen LogP contribution in [0.5, 0.6) is 0 Å². The lowest BCUT2D eigenvalue weighted by molar-refractivity contribution is 0.586. The molecule has 6 rings (SSSR count). The van der Waals surface area contributed by atoms with Gasteiger partial charge in [0.2, 0.25) is 0 Å². The summed E-state index contributed by atoms with van der Waals surface area (Å²) >= 11 is 0. The van der Waals surface area contributed by atoms with E-state index >= 15 is 0 Å². The third kappa shape index (κ3) is 1.03. The van der Waals surface area contributed by atoms with Crippen molar-refractivity contribution in [3.8, 4) is 22.3 Å². The maximum absolute atomic E-state index is 13.4. The molecule has 4 aliphatic carbocycles. The van der Waals surface area contributed by atoms with Crippen LogP contribution in [0.4, 0.5) is 13.2 Å². The second kappa shape index (κ2) is 2.63. The van der Waals surface area contributed by atoms with Gasteiger partial charge in [-0.25, -0.2) is 13.2 Å². The highest BCUT2D eigenvalue weighted by atomic mass is 19.1. The first-order valence-corrected chi connectivity index (χ1v) is 4.30. The molecule has 0 spiro atoms. The van der Waals surface area contributed by atoms with Gasteiger partial charge in [-0.05, 0) is 35.4 Å². The van der Waals surface area contributed by atoms with E-state index in [0.29, 0.717) is 0 Å². The van der Waals surface area contributed by atoms with Crippen molar-refractivity contribution in [1.82, 2.24) is 0 Å². The Bertz CT molecular complexity index is 550. The number of benzene rings is 2. The fourth-order valence-corrected chi connectivity index (χ4v) is 1.74. The summed E-state index contributed by atoms with van der Waals surface area (Å²) in [6, 6.07) is 8.50. The summed E-state index contributed by atoms with van der Waals surface area (Å²) in [5, 5.41) is 0. The molecular weight excluding hydrogens is 201 g/mol. The minimum Gasteiger partial charge on any atom is -0.206 e. The molecule has 0 unspecified atom stereocenters. The predicted molar refractivity (Wildman–Crippen MR) is 48.4 cm³/mol. The molecule has 4 aliphatic rings. The summed E-state index contributed by atoms with van der Waals surface area (Å²) in [6.45, 7) is 0. The average molecular weight is 204 g/mol. The first kappa shape index (κ1) is 8.53. The van der Waals surface area contributed by atoms with Crippen molar-refractivity contribution in [1.29, 1.82) is 0 Å². The molecular formula is C12H3F3. The van der Waals surface area contributed by atoms with Crippen LogP contribution in [0.2, 0.25) is 0 Å². The van der Waals surface area contributed by atoms with Crippen LogP contribution in [0, 0.1) is 29.6 Å². The van der Waals surface area contributed by atoms with Gasteiger partial charge in [-0.15, -0.1) is 0 Å². The average Bonchev–Trinajstić information content (AvgIpc) is 2.13. The minimum atomic E-state index is -0.699. The number of rotatable bonds is 0. The Morgan fingerprint density at radius 3 is 2.27 bits per heavy atom. The molecule has 15 heavy (non-hydrogen) atoms. The van der Waals surface area contributed by atoms with Gasteiger partial charge >= 0.3 is 0 Å².